The topological polar surface area (TPSA) is 38.3 Å². The van der Waals surface area contributed by atoms with Crippen molar-refractivity contribution in [2.75, 3.05) is 5.32 Å². The first-order valence-electron chi connectivity index (χ1n) is 7.28. The lowest BCUT2D eigenvalue weighted by Crippen LogP contribution is -2.31. The number of ether oxygens (including phenoxy) is 1. The summed E-state index contributed by atoms with van der Waals surface area (Å²) in [6.07, 6.45) is 1.31. The Morgan fingerprint density at radius 3 is 2.50 bits per heavy atom. The van der Waals surface area contributed by atoms with Crippen LogP contribution in [0.4, 0.5) is 5.69 Å². The minimum Gasteiger partial charge on any atom is -0.485 e. The van der Waals surface area contributed by atoms with E-state index < -0.39 is 5.60 Å². The van der Waals surface area contributed by atoms with E-state index in [2.05, 4.69) is 39.1 Å². The summed E-state index contributed by atoms with van der Waals surface area (Å²) < 4.78 is 6.19. The van der Waals surface area contributed by atoms with Crippen molar-refractivity contribution in [3.63, 3.8) is 0 Å². The second-order valence-electron chi connectivity index (χ2n) is 7.21. The Balaban J connectivity index is 2.66. The molecule has 1 amide bonds. The van der Waals surface area contributed by atoms with E-state index in [1.54, 1.807) is 0 Å². The van der Waals surface area contributed by atoms with Gasteiger partial charge in [-0.15, -0.1) is 0 Å². The number of carbonyl (C=O) groups is 1. The number of rotatable bonds is 1. The van der Waals surface area contributed by atoms with Gasteiger partial charge in [-0.3, -0.25) is 4.79 Å². The first-order chi connectivity index (χ1) is 9.12. The number of fused-ring (bicyclic) bond motifs is 1. The van der Waals surface area contributed by atoms with Gasteiger partial charge >= 0.3 is 0 Å². The van der Waals surface area contributed by atoms with E-state index >= 15 is 0 Å². The van der Waals surface area contributed by atoms with Crippen molar-refractivity contribution in [1.82, 2.24) is 0 Å². The molecule has 0 saturated heterocycles. The van der Waals surface area contributed by atoms with Crippen LogP contribution in [0.1, 0.15) is 59.1 Å². The van der Waals surface area contributed by atoms with Gasteiger partial charge in [0, 0.05) is 5.56 Å². The number of nitrogens with one attached hydrogen (secondary N) is 1. The molecule has 1 heterocycles. The Morgan fingerprint density at radius 2 is 1.95 bits per heavy atom. The van der Waals surface area contributed by atoms with Crippen molar-refractivity contribution >= 4 is 11.6 Å². The van der Waals surface area contributed by atoms with Crippen LogP contribution in [0.5, 0.6) is 5.75 Å². The minimum absolute atomic E-state index is 0.0156. The molecule has 0 saturated carbocycles. The van der Waals surface area contributed by atoms with Crippen molar-refractivity contribution < 1.29 is 9.53 Å². The third-order valence-electron chi connectivity index (χ3n) is 3.60. The average molecular weight is 275 g/mol. The number of hydrogen-bond donors (Lipinski definition) is 1. The number of aryl methyl sites for hydroxylation is 1. The molecule has 1 aromatic rings. The van der Waals surface area contributed by atoms with E-state index in [-0.39, 0.29) is 11.3 Å². The molecular formula is C17H25NO2. The summed E-state index contributed by atoms with van der Waals surface area (Å²) in [5, 5.41) is 3.00. The summed E-state index contributed by atoms with van der Waals surface area (Å²) in [5.41, 5.74) is 2.67. The van der Waals surface area contributed by atoms with Crippen LogP contribution in [0.2, 0.25) is 0 Å². The Morgan fingerprint density at radius 1 is 1.30 bits per heavy atom. The fourth-order valence-electron chi connectivity index (χ4n) is 2.55. The third-order valence-corrected chi connectivity index (χ3v) is 3.60. The highest BCUT2D eigenvalue weighted by atomic mass is 16.5. The lowest BCUT2D eigenvalue weighted by molar-refractivity contribution is -0.118. The highest BCUT2D eigenvalue weighted by Crippen LogP contribution is 2.42. The Labute approximate surface area is 121 Å². The lowest BCUT2D eigenvalue weighted by Gasteiger charge is -2.29. The molecule has 0 atom stereocenters. The van der Waals surface area contributed by atoms with E-state index in [1.165, 1.54) is 5.56 Å². The second-order valence-corrected chi connectivity index (χ2v) is 7.21. The van der Waals surface area contributed by atoms with E-state index in [1.807, 2.05) is 19.9 Å². The number of anilines is 1. The molecule has 110 valence electrons. The molecule has 1 aliphatic heterocycles. The number of amides is 1. The summed E-state index contributed by atoms with van der Waals surface area (Å²) in [5.74, 6) is 0.840. The largest absolute Gasteiger partial charge is 0.485 e. The molecule has 0 fully saturated rings. The number of carbonyl (C=O) groups excluding carboxylic acids is 1. The van der Waals surface area contributed by atoms with Crippen LogP contribution in [0.15, 0.2) is 12.1 Å². The van der Waals surface area contributed by atoms with Crippen molar-refractivity contribution in [3.8, 4) is 5.75 Å². The van der Waals surface area contributed by atoms with Crippen molar-refractivity contribution in [2.45, 2.75) is 65.4 Å². The maximum atomic E-state index is 12.0. The molecule has 0 radical (unpaired) electrons. The standard InChI is InChI=1S/C17H25NO2/c1-7-11-8-12(16(2,3)4)15-13(9-11)18-14(19)10-17(5,6)20-15/h8-9H,7,10H2,1-6H3,(H,18,19). The van der Waals surface area contributed by atoms with Crippen LogP contribution in [0, 0.1) is 0 Å². The van der Waals surface area contributed by atoms with Gasteiger partial charge in [-0.2, -0.15) is 0 Å². The van der Waals surface area contributed by atoms with Gasteiger partial charge in [0.15, 0.2) is 0 Å². The smallest absolute Gasteiger partial charge is 0.228 e. The van der Waals surface area contributed by atoms with Crippen LogP contribution in [0.3, 0.4) is 0 Å². The zero-order valence-electron chi connectivity index (χ0n) is 13.4. The zero-order valence-corrected chi connectivity index (χ0v) is 13.4. The fourth-order valence-corrected chi connectivity index (χ4v) is 2.55. The summed E-state index contributed by atoms with van der Waals surface area (Å²) in [4.78, 5) is 12.0. The van der Waals surface area contributed by atoms with Crippen molar-refractivity contribution in [2.24, 2.45) is 0 Å². The molecule has 0 aliphatic carbocycles. The second kappa shape index (κ2) is 4.80. The first-order valence-corrected chi connectivity index (χ1v) is 7.28. The van der Waals surface area contributed by atoms with Crippen LogP contribution in [-0.2, 0) is 16.6 Å². The van der Waals surface area contributed by atoms with Gasteiger partial charge in [0.25, 0.3) is 0 Å². The Kier molecular flexibility index (Phi) is 3.57. The maximum Gasteiger partial charge on any atom is 0.228 e. The Bertz CT molecular complexity index is 539. The van der Waals surface area contributed by atoms with E-state index in [9.17, 15) is 4.79 Å². The van der Waals surface area contributed by atoms with E-state index in [0.29, 0.717) is 6.42 Å². The van der Waals surface area contributed by atoms with Gasteiger partial charge in [-0.05, 0) is 37.3 Å². The number of benzene rings is 1. The molecule has 2 rings (SSSR count). The molecule has 0 unspecified atom stereocenters. The quantitative estimate of drug-likeness (QED) is 0.839. The van der Waals surface area contributed by atoms with Gasteiger partial charge in [0.05, 0.1) is 12.1 Å². The maximum absolute atomic E-state index is 12.0. The highest BCUT2D eigenvalue weighted by Gasteiger charge is 2.33. The normalized spacial score (nSPS) is 17.8. The molecule has 0 aromatic heterocycles. The van der Waals surface area contributed by atoms with Crippen molar-refractivity contribution in [3.05, 3.63) is 23.3 Å². The van der Waals surface area contributed by atoms with Gasteiger partial charge < -0.3 is 10.1 Å². The lowest BCUT2D eigenvalue weighted by atomic mass is 9.84. The van der Waals surface area contributed by atoms with E-state index in [0.717, 1.165) is 23.4 Å². The van der Waals surface area contributed by atoms with Gasteiger partial charge in [-0.25, -0.2) is 0 Å². The van der Waals surface area contributed by atoms with Crippen LogP contribution in [-0.4, -0.2) is 11.5 Å². The first kappa shape index (κ1) is 14.9. The molecule has 0 spiro atoms. The molecule has 1 aliphatic rings. The summed E-state index contributed by atoms with van der Waals surface area (Å²) in [6, 6.07) is 4.23. The SMILES string of the molecule is CCc1cc2c(c(C(C)(C)C)c1)OC(C)(C)CC(=O)N2. The molecule has 0 bridgehead atoms. The summed E-state index contributed by atoms with van der Waals surface area (Å²) in [7, 11) is 0. The molecule has 3 heteroatoms. The monoisotopic (exact) mass is 275 g/mol. The predicted molar refractivity (Wildman–Crippen MR) is 82.5 cm³/mol. The van der Waals surface area contributed by atoms with Crippen molar-refractivity contribution in [1.29, 1.82) is 0 Å². The van der Waals surface area contributed by atoms with Gasteiger partial charge in [0.1, 0.15) is 11.4 Å². The molecule has 1 N–H and O–H groups in total. The van der Waals surface area contributed by atoms with Crippen LogP contribution in [0.25, 0.3) is 0 Å². The van der Waals surface area contributed by atoms with Crippen LogP contribution < -0.4 is 10.1 Å². The van der Waals surface area contributed by atoms with Crippen LogP contribution >= 0.6 is 0 Å². The summed E-state index contributed by atoms with van der Waals surface area (Å²) >= 11 is 0. The van der Waals surface area contributed by atoms with Gasteiger partial charge in [0.2, 0.25) is 5.91 Å². The third kappa shape index (κ3) is 2.97. The Hall–Kier alpha value is -1.51. The van der Waals surface area contributed by atoms with Gasteiger partial charge in [-0.1, -0.05) is 33.8 Å². The zero-order chi connectivity index (χ0) is 15.1. The average Bonchev–Trinajstić information content (AvgIpc) is 2.39. The van der Waals surface area contributed by atoms with E-state index in [4.69, 9.17) is 4.74 Å². The molecule has 20 heavy (non-hydrogen) atoms. The highest BCUT2D eigenvalue weighted by molar-refractivity contribution is 5.94. The number of hydrogen-bond acceptors (Lipinski definition) is 2. The minimum atomic E-state index is -0.483. The molecule has 1 aromatic carbocycles. The summed E-state index contributed by atoms with van der Waals surface area (Å²) in [6.45, 7) is 12.6. The molecule has 3 nitrogen and oxygen atoms in total. The predicted octanol–water partition coefficient (Wildman–Crippen LogP) is 4.05. The molecular weight excluding hydrogens is 250 g/mol. The fraction of sp³-hybridized carbons (Fsp3) is 0.588.